The van der Waals surface area contributed by atoms with Crippen molar-refractivity contribution >= 4 is 45.6 Å². The quantitative estimate of drug-likeness (QED) is 0.321. The molecule has 0 amide bonds. The van der Waals surface area contributed by atoms with Gasteiger partial charge in [-0.05, 0) is 96.6 Å². The molecule has 2 rings (SSSR count). The maximum absolute atomic E-state index is 12.3. The molecular weight excluding hydrogens is 388 g/mol. The van der Waals surface area contributed by atoms with E-state index in [0.717, 1.165) is 38.9 Å². The Morgan fingerprint density at radius 2 is 1.18 bits per heavy atom. The topological polar surface area (TPSA) is 51.2 Å². The second-order valence-corrected chi connectivity index (χ2v) is 8.22. The van der Waals surface area contributed by atoms with Crippen molar-refractivity contribution in [1.29, 1.82) is 0 Å². The number of thioether (sulfide) groups is 2. The number of allylic oxidation sites excluding steroid dienone is 1. The third-order valence-electron chi connectivity index (χ3n) is 3.56. The summed E-state index contributed by atoms with van der Waals surface area (Å²) in [5.74, 6) is -0.126. The number of hydrogen-bond acceptors (Lipinski definition) is 5. The fourth-order valence-corrected chi connectivity index (χ4v) is 3.31. The van der Waals surface area contributed by atoms with Gasteiger partial charge in [0.05, 0.1) is 0 Å². The Labute approximate surface area is 173 Å². The summed E-state index contributed by atoms with van der Waals surface area (Å²) < 4.78 is 0. The van der Waals surface area contributed by atoms with E-state index in [1.165, 1.54) is 6.08 Å². The standard InChI is InChI=1S/C23H20O3S2/c1-15(2)22(25)27-19-10-5-17(6-11-19)7-14-21(24)18-8-12-20(13-9-18)28-23(26)16(3)4/h5-14H,1,3H2,2,4H3/b14-7+. The first-order valence-corrected chi connectivity index (χ1v) is 10.1. The molecule has 0 aliphatic heterocycles. The summed E-state index contributed by atoms with van der Waals surface area (Å²) in [6.45, 7) is 10.6. The number of hydrogen-bond donors (Lipinski definition) is 0. The lowest BCUT2D eigenvalue weighted by molar-refractivity contribution is -0.108. The van der Waals surface area contributed by atoms with Crippen LogP contribution in [0.2, 0.25) is 0 Å². The van der Waals surface area contributed by atoms with Gasteiger partial charge in [0.25, 0.3) is 0 Å². The lowest BCUT2D eigenvalue weighted by Crippen LogP contribution is -1.95. The Morgan fingerprint density at radius 3 is 1.61 bits per heavy atom. The SMILES string of the molecule is C=C(C)C(=O)Sc1ccc(/C=C/C(=O)c2ccc(SC(=O)C(=C)C)cc2)cc1. The average Bonchev–Trinajstić information content (AvgIpc) is 2.67. The lowest BCUT2D eigenvalue weighted by Gasteiger charge is -2.02. The Morgan fingerprint density at radius 1 is 0.750 bits per heavy atom. The summed E-state index contributed by atoms with van der Waals surface area (Å²) in [4.78, 5) is 37.2. The molecule has 0 aliphatic carbocycles. The van der Waals surface area contributed by atoms with Crippen molar-refractivity contribution in [2.45, 2.75) is 23.6 Å². The highest BCUT2D eigenvalue weighted by Gasteiger charge is 2.07. The largest absolute Gasteiger partial charge is 0.289 e. The molecule has 0 aliphatic rings. The van der Waals surface area contributed by atoms with Crippen LogP contribution in [0.3, 0.4) is 0 Å². The first kappa shape index (κ1) is 21.7. The van der Waals surface area contributed by atoms with E-state index in [1.54, 1.807) is 44.2 Å². The molecule has 2 aromatic carbocycles. The monoisotopic (exact) mass is 408 g/mol. The van der Waals surface area contributed by atoms with E-state index >= 15 is 0 Å². The summed E-state index contributed by atoms with van der Waals surface area (Å²) in [6.07, 6.45) is 3.23. The Hall–Kier alpha value is -2.63. The second kappa shape index (κ2) is 10.1. The fourth-order valence-electron chi connectivity index (χ4n) is 1.99. The van der Waals surface area contributed by atoms with Gasteiger partial charge in [-0.1, -0.05) is 31.4 Å². The maximum atomic E-state index is 12.3. The van der Waals surface area contributed by atoms with E-state index in [9.17, 15) is 14.4 Å². The highest BCUT2D eigenvalue weighted by Crippen LogP contribution is 2.23. The van der Waals surface area contributed by atoms with E-state index in [4.69, 9.17) is 0 Å². The van der Waals surface area contributed by atoms with Crippen LogP contribution < -0.4 is 0 Å². The molecular formula is C23H20O3S2. The lowest BCUT2D eigenvalue weighted by atomic mass is 10.1. The van der Waals surface area contributed by atoms with E-state index < -0.39 is 0 Å². The van der Waals surface area contributed by atoms with Crippen molar-refractivity contribution in [2.24, 2.45) is 0 Å². The molecule has 0 N–H and O–H groups in total. The third-order valence-corrected chi connectivity index (χ3v) is 5.65. The predicted molar refractivity (Wildman–Crippen MR) is 118 cm³/mol. The van der Waals surface area contributed by atoms with Crippen LogP contribution in [0.4, 0.5) is 0 Å². The molecule has 142 valence electrons. The van der Waals surface area contributed by atoms with Crippen LogP contribution >= 0.6 is 23.5 Å². The highest BCUT2D eigenvalue weighted by molar-refractivity contribution is 8.14. The minimum absolute atomic E-state index is 0.0648. The molecule has 5 heteroatoms. The van der Waals surface area contributed by atoms with Gasteiger partial charge in [0.1, 0.15) is 0 Å². The van der Waals surface area contributed by atoms with Gasteiger partial charge in [-0.15, -0.1) is 0 Å². The van der Waals surface area contributed by atoms with Crippen LogP contribution in [0.15, 0.2) is 88.7 Å². The number of carbonyl (C=O) groups excluding carboxylic acids is 3. The summed E-state index contributed by atoms with van der Waals surface area (Å²) in [7, 11) is 0. The molecule has 0 aromatic heterocycles. The second-order valence-electron chi connectivity index (χ2n) is 6.13. The van der Waals surface area contributed by atoms with Gasteiger partial charge in [0, 0.05) is 15.4 Å². The molecule has 0 radical (unpaired) electrons. The normalized spacial score (nSPS) is 10.6. The Balaban J connectivity index is 1.99. The molecule has 0 fully saturated rings. The number of ketones is 1. The maximum Gasteiger partial charge on any atom is 0.219 e. The zero-order valence-electron chi connectivity index (χ0n) is 15.7. The average molecular weight is 409 g/mol. The van der Waals surface area contributed by atoms with Gasteiger partial charge in [-0.25, -0.2) is 0 Å². The van der Waals surface area contributed by atoms with Crippen molar-refractivity contribution in [3.05, 3.63) is 90.0 Å². The zero-order valence-corrected chi connectivity index (χ0v) is 17.4. The molecule has 28 heavy (non-hydrogen) atoms. The summed E-state index contributed by atoms with van der Waals surface area (Å²) in [5, 5.41) is -0.157. The van der Waals surface area contributed by atoms with Gasteiger partial charge in [0.2, 0.25) is 10.2 Å². The molecule has 0 saturated heterocycles. The number of benzene rings is 2. The molecule has 0 spiro atoms. The smallest absolute Gasteiger partial charge is 0.219 e. The Bertz CT molecular complexity index is 952. The third kappa shape index (κ3) is 6.51. The number of carbonyl (C=O) groups is 3. The van der Waals surface area contributed by atoms with E-state index in [0.29, 0.717) is 16.7 Å². The van der Waals surface area contributed by atoms with Crippen LogP contribution in [0, 0.1) is 0 Å². The van der Waals surface area contributed by atoms with Gasteiger partial charge < -0.3 is 0 Å². The predicted octanol–water partition coefficient (Wildman–Crippen LogP) is 5.97. The minimum atomic E-state index is -0.126. The van der Waals surface area contributed by atoms with Crippen molar-refractivity contribution < 1.29 is 14.4 Å². The first-order chi connectivity index (χ1) is 13.3. The van der Waals surface area contributed by atoms with E-state index in [-0.39, 0.29) is 16.0 Å². The van der Waals surface area contributed by atoms with Crippen molar-refractivity contribution in [3.63, 3.8) is 0 Å². The van der Waals surface area contributed by atoms with Crippen molar-refractivity contribution in [2.75, 3.05) is 0 Å². The molecule has 0 bridgehead atoms. The molecule has 0 unspecified atom stereocenters. The molecule has 3 nitrogen and oxygen atoms in total. The first-order valence-electron chi connectivity index (χ1n) is 8.44. The molecule has 0 atom stereocenters. The van der Waals surface area contributed by atoms with Crippen LogP contribution in [0.1, 0.15) is 29.8 Å². The highest BCUT2D eigenvalue weighted by atomic mass is 32.2. The summed E-state index contributed by atoms with van der Waals surface area (Å²) in [6, 6.07) is 14.3. The van der Waals surface area contributed by atoms with Crippen molar-refractivity contribution in [3.8, 4) is 0 Å². The van der Waals surface area contributed by atoms with Gasteiger partial charge >= 0.3 is 0 Å². The van der Waals surface area contributed by atoms with Crippen molar-refractivity contribution in [1.82, 2.24) is 0 Å². The van der Waals surface area contributed by atoms with E-state index in [1.807, 2.05) is 24.3 Å². The van der Waals surface area contributed by atoms with Crippen LogP contribution in [0.25, 0.3) is 6.08 Å². The number of rotatable bonds is 7. The summed E-state index contributed by atoms with van der Waals surface area (Å²) in [5.41, 5.74) is 2.40. The molecule has 2 aromatic rings. The van der Waals surface area contributed by atoms with Gasteiger partial charge in [-0.3, -0.25) is 14.4 Å². The van der Waals surface area contributed by atoms with Crippen LogP contribution in [-0.4, -0.2) is 16.0 Å². The summed E-state index contributed by atoms with van der Waals surface area (Å²) >= 11 is 2.22. The molecule has 0 heterocycles. The van der Waals surface area contributed by atoms with Crippen LogP contribution in [-0.2, 0) is 9.59 Å². The van der Waals surface area contributed by atoms with Gasteiger partial charge in [0.15, 0.2) is 5.78 Å². The fraction of sp³-hybridized carbons (Fsp3) is 0.0870. The van der Waals surface area contributed by atoms with Crippen LogP contribution in [0.5, 0.6) is 0 Å². The Kier molecular flexibility index (Phi) is 7.79. The molecule has 0 saturated carbocycles. The van der Waals surface area contributed by atoms with E-state index in [2.05, 4.69) is 13.2 Å². The van der Waals surface area contributed by atoms with Gasteiger partial charge in [-0.2, -0.15) is 0 Å². The zero-order chi connectivity index (χ0) is 20.7. The minimum Gasteiger partial charge on any atom is -0.289 e.